The average molecular weight is 522 g/mol. The van der Waals surface area contributed by atoms with Gasteiger partial charge in [-0.3, -0.25) is 9.69 Å². The van der Waals surface area contributed by atoms with Gasteiger partial charge in [-0.15, -0.1) is 11.8 Å². The molecule has 1 aliphatic heterocycles. The summed E-state index contributed by atoms with van der Waals surface area (Å²) < 4.78 is 12.3. The molecule has 5 rings (SSSR count). The molecular weight excluding hydrogens is 502 g/mol. The molecule has 5 nitrogen and oxygen atoms in total. The lowest BCUT2D eigenvalue weighted by Gasteiger charge is -2.24. The molecule has 0 bridgehead atoms. The Morgan fingerprint density at radius 3 is 2.55 bits per heavy atom. The maximum absolute atomic E-state index is 12.6. The molecule has 1 saturated heterocycles. The van der Waals surface area contributed by atoms with Gasteiger partial charge < -0.3 is 9.15 Å². The topological polar surface area (TPSA) is 59.8 Å². The van der Waals surface area contributed by atoms with Gasteiger partial charge in [-0.1, -0.05) is 39.7 Å². The highest BCUT2D eigenvalue weighted by molar-refractivity contribution is 9.10. The fraction of sp³-hybridized carbons (Fsp3) is 0.154. The van der Waals surface area contributed by atoms with Crippen LogP contribution in [0.1, 0.15) is 22.1 Å². The molecule has 1 aromatic heterocycles. The zero-order chi connectivity index (χ0) is 22.9. The van der Waals surface area contributed by atoms with Crippen LogP contribution in [0.15, 0.2) is 86.5 Å². The fourth-order valence-electron chi connectivity index (χ4n) is 3.90. The second-order valence-corrected chi connectivity index (χ2v) is 9.84. The molecule has 3 aromatic carbocycles. The Balaban J connectivity index is 1.35. The first-order chi connectivity index (χ1) is 16.0. The molecule has 0 N–H and O–H groups in total. The van der Waals surface area contributed by atoms with E-state index < -0.39 is 5.63 Å². The number of carbonyl (C=O) groups excluding carboxylic acids is 1. The Hall–Kier alpha value is -3.03. The number of carbonyl (C=O) groups is 1. The molecule has 7 heteroatoms. The standard InChI is InChI=1S/C26H20BrNO4S/c1-16-2-11-23-22(12-16)18(13-25(30)32-23)14-31-21-9-3-17(4-10-21)26-28(24(29)15-33-26)20-7-5-19(27)6-8-20/h2-13,26H,14-15H2,1H3. The predicted octanol–water partition coefficient (Wildman–Crippen LogP) is 6.22. The van der Waals surface area contributed by atoms with Gasteiger partial charge in [-0.05, 0) is 61.0 Å². The quantitative estimate of drug-likeness (QED) is 0.291. The normalized spacial score (nSPS) is 15.9. The van der Waals surface area contributed by atoms with Crippen LogP contribution in [0.25, 0.3) is 11.0 Å². The lowest BCUT2D eigenvalue weighted by molar-refractivity contribution is -0.115. The van der Waals surface area contributed by atoms with E-state index in [9.17, 15) is 9.59 Å². The Morgan fingerprint density at radius 1 is 1.03 bits per heavy atom. The zero-order valence-electron chi connectivity index (χ0n) is 17.8. The first-order valence-electron chi connectivity index (χ1n) is 10.4. The lowest BCUT2D eigenvalue weighted by atomic mass is 10.1. The number of rotatable bonds is 5. The van der Waals surface area contributed by atoms with Crippen molar-refractivity contribution in [2.45, 2.75) is 18.9 Å². The highest BCUT2D eigenvalue weighted by Crippen LogP contribution is 2.42. The van der Waals surface area contributed by atoms with Crippen molar-refractivity contribution in [2.75, 3.05) is 10.7 Å². The largest absolute Gasteiger partial charge is 0.489 e. The monoisotopic (exact) mass is 521 g/mol. The van der Waals surface area contributed by atoms with Crippen LogP contribution in [0.4, 0.5) is 5.69 Å². The van der Waals surface area contributed by atoms with Crippen LogP contribution in [0, 0.1) is 6.92 Å². The molecule has 4 aromatic rings. The van der Waals surface area contributed by atoms with Crippen molar-refractivity contribution in [1.29, 1.82) is 0 Å². The highest BCUT2D eigenvalue weighted by Gasteiger charge is 2.34. The van der Waals surface area contributed by atoms with E-state index in [-0.39, 0.29) is 17.9 Å². The molecule has 0 saturated carbocycles. The summed E-state index contributed by atoms with van der Waals surface area (Å²) in [4.78, 5) is 26.3. The molecule has 1 amide bonds. The molecule has 2 heterocycles. The number of amides is 1. The Bertz CT molecular complexity index is 1380. The maximum atomic E-state index is 12.6. The maximum Gasteiger partial charge on any atom is 0.336 e. The molecule has 0 spiro atoms. The van der Waals surface area contributed by atoms with E-state index in [0.717, 1.165) is 32.2 Å². The van der Waals surface area contributed by atoms with Crippen LogP contribution < -0.4 is 15.3 Å². The molecular formula is C26H20BrNO4S. The van der Waals surface area contributed by atoms with Gasteiger partial charge in [0.15, 0.2) is 0 Å². The number of hydrogen-bond donors (Lipinski definition) is 0. The number of thioether (sulfide) groups is 1. The summed E-state index contributed by atoms with van der Waals surface area (Å²) in [6.45, 7) is 2.25. The van der Waals surface area contributed by atoms with E-state index in [1.165, 1.54) is 6.07 Å². The van der Waals surface area contributed by atoms with Gasteiger partial charge in [-0.25, -0.2) is 4.79 Å². The molecule has 166 valence electrons. The molecule has 0 radical (unpaired) electrons. The minimum absolute atomic E-state index is 0.0848. The number of halogens is 1. The Labute approximate surface area is 203 Å². The minimum Gasteiger partial charge on any atom is -0.489 e. The molecule has 1 atom stereocenters. The van der Waals surface area contributed by atoms with E-state index in [2.05, 4.69) is 15.9 Å². The van der Waals surface area contributed by atoms with Gasteiger partial charge in [0.1, 0.15) is 23.3 Å². The van der Waals surface area contributed by atoms with E-state index in [1.54, 1.807) is 11.8 Å². The molecule has 0 aliphatic carbocycles. The Morgan fingerprint density at radius 2 is 1.79 bits per heavy atom. The van der Waals surface area contributed by atoms with Crippen LogP contribution in [0.3, 0.4) is 0 Å². The number of aryl methyl sites for hydroxylation is 1. The minimum atomic E-state index is -0.392. The zero-order valence-corrected chi connectivity index (χ0v) is 20.2. The summed E-state index contributed by atoms with van der Waals surface area (Å²) in [5.41, 5.74) is 3.94. The summed E-state index contributed by atoms with van der Waals surface area (Å²) >= 11 is 5.05. The third kappa shape index (κ3) is 4.56. The molecule has 33 heavy (non-hydrogen) atoms. The smallest absolute Gasteiger partial charge is 0.336 e. The van der Waals surface area contributed by atoms with Crippen LogP contribution in [0.5, 0.6) is 5.75 Å². The first kappa shape index (κ1) is 21.8. The van der Waals surface area contributed by atoms with Crippen molar-refractivity contribution in [1.82, 2.24) is 0 Å². The van der Waals surface area contributed by atoms with Crippen LogP contribution in [-0.2, 0) is 11.4 Å². The molecule has 1 aliphatic rings. The van der Waals surface area contributed by atoms with Crippen molar-refractivity contribution in [2.24, 2.45) is 0 Å². The molecule has 1 fully saturated rings. The second kappa shape index (κ2) is 9.08. The number of hydrogen-bond acceptors (Lipinski definition) is 5. The number of ether oxygens (including phenoxy) is 1. The summed E-state index contributed by atoms with van der Waals surface area (Å²) in [5.74, 6) is 1.23. The summed E-state index contributed by atoms with van der Waals surface area (Å²) in [6, 6.07) is 22.7. The van der Waals surface area contributed by atoms with Crippen molar-refractivity contribution in [3.63, 3.8) is 0 Å². The van der Waals surface area contributed by atoms with Crippen molar-refractivity contribution in [3.05, 3.63) is 104 Å². The van der Waals surface area contributed by atoms with Gasteiger partial charge in [-0.2, -0.15) is 0 Å². The Kier molecular flexibility index (Phi) is 6.00. The van der Waals surface area contributed by atoms with Crippen LogP contribution >= 0.6 is 27.7 Å². The van der Waals surface area contributed by atoms with Crippen LogP contribution in [0.2, 0.25) is 0 Å². The van der Waals surface area contributed by atoms with E-state index >= 15 is 0 Å². The van der Waals surface area contributed by atoms with Gasteiger partial charge in [0.25, 0.3) is 0 Å². The van der Waals surface area contributed by atoms with E-state index in [1.807, 2.05) is 78.6 Å². The number of fused-ring (bicyclic) bond motifs is 1. The van der Waals surface area contributed by atoms with Crippen molar-refractivity contribution < 1.29 is 13.9 Å². The van der Waals surface area contributed by atoms with Gasteiger partial charge in [0.2, 0.25) is 5.91 Å². The number of anilines is 1. The van der Waals surface area contributed by atoms with Gasteiger partial charge in [0, 0.05) is 27.2 Å². The van der Waals surface area contributed by atoms with Gasteiger partial charge >= 0.3 is 5.63 Å². The van der Waals surface area contributed by atoms with Crippen molar-refractivity contribution >= 4 is 50.3 Å². The van der Waals surface area contributed by atoms with E-state index in [4.69, 9.17) is 9.15 Å². The SMILES string of the molecule is Cc1ccc2oc(=O)cc(COc3ccc(C4SCC(=O)N4c4ccc(Br)cc4)cc3)c2c1. The lowest BCUT2D eigenvalue weighted by Crippen LogP contribution is -2.27. The third-order valence-electron chi connectivity index (χ3n) is 5.52. The summed E-state index contributed by atoms with van der Waals surface area (Å²) in [5, 5.41) is 0.788. The average Bonchev–Trinajstić information content (AvgIpc) is 3.20. The highest BCUT2D eigenvalue weighted by atomic mass is 79.9. The summed E-state index contributed by atoms with van der Waals surface area (Å²) in [7, 11) is 0. The third-order valence-corrected chi connectivity index (χ3v) is 7.26. The first-order valence-corrected chi connectivity index (χ1v) is 12.3. The summed E-state index contributed by atoms with van der Waals surface area (Å²) in [6.07, 6.45) is 0. The number of benzene rings is 3. The number of nitrogens with zero attached hydrogens (tertiary/aromatic N) is 1. The van der Waals surface area contributed by atoms with Gasteiger partial charge in [0.05, 0.1) is 5.75 Å². The predicted molar refractivity (Wildman–Crippen MR) is 135 cm³/mol. The molecule has 1 unspecified atom stereocenters. The second-order valence-electron chi connectivity index (χ2n) is 7.85. The van der Waals surface area contributed by atoms with E-state index in [0.29, 0.717) is 17.1 Å². The fourth-order valence-corrected chi connectivity index (χ4v) is 5.34. The van der Waals surface area contributed by atoms with Crippen LogP contribution in [-0.4, -0.2) is 11.7 Å². The van der Waals surface area contributed by atoms with Crippen molar-refractivity contribution in [3.8, 4) is 5.75 Å².